The molecule has 0 radical (unpaired) electrons. The Balaban J connectivity index is 2.10. The van der Waals surface area contributed by atoms with Crippen molar-refractivity contribution >= 4 is 12.2 Å². The van der Waals surface area contributed by atoms with Crippen LogP contribution in [0.4, 0.5) is 5.88 Å². The molecule has 15 heavy (non-hydrogen) atoms. The minimum absolute atomic E-state index is 0.0475. The van der Waals surface area contributed by atoms with Crippen LogP contribution in [0.1, 0.15) is 23.9 Å². The molecular formula is C11H15NO3. The summed E-state index contributed by atoms with van der Waals surface area (Å²) in [4.78, 5) is 12.5. The number of aliphatic hydroxyl groups is 1. The zero-order chi connectivity index (χ0) is 10.9. The van der Waals surface area contributed by atoms with Gasteiger partial charge in [-0.3, -0.25) is 4.79 Å². The van der Waals surface area contributed by atoms with Gasteiger partial charge < -0.3 is 14.4 Å². The molecule has 0 saturated carbocycles. The molecule has 1 fully saturated rings. The van der Waals surface area contributed by atoms with E-state index in [2.05, 4.69) is 11.8 Å². The third kappa shape index (κ3) is 1.90. The molecule has 0 aliphatic carbocycles. The molecule has 4 nitrogen and oxygen atoms in total. The predicted molar refractivity (Wildman–Crippen MR) is 56.1 cm³/mol. The number of hydrogen-bond donors (Lipinski definition) is 1. The Morgan fingerprint density at radius 1 is 1.67 bits per heavy atom. The Hall–Kier alpha value is -1.29. The molecule has 0 amide bonds. The van der Waals surface area contributed by atoms with Crippen molar-refractivity contribution in [2.75, 3.05) is 24.6 Å². The first-order chi connectivity index (χ1) is 7.17. The van der Waals surface area contributed by atoms with Gasteiger partial charge in [0.05, 0.1) is 6.61 Å². The second-order valence-corrected chi connectivity index (χ2v) is 4.43. The van der Waals surface area contributed by atoms with E-state index in [-0.39, 0.29) is 12.0 Å². The lowest BCUT2D eigenvalue weighted by Gasteiger charge is -2.21. The van der Waals surface area contributed by atoms with E-state index in [1.807, 2.05) is 0 Å². The van der Waals surface area contributed by atoms with Crippen LogP contribution in [0.2, 0.25) is 0 Å². The van der Waals surface area contributed by atoms with Crippen molar-refractivity contribution in [3.63, 3.8) is 0 Å². The molecule has 1 aromatic rings. The average molecular weight is 209 g/mol. The van der Waals surface area contributed by atoms with Crippen LogP contribution in [0, 0.1) is 5.41 Å². The first-order valence-electron chi connectivity index (χ1n) is 5.08. The van der Waals surface area contributed by atoms with Crippen molar-refractivity contribution in [2.45, 2.75) is 13.3 Å². The topological polar surface area (TPSA) is 53.7 Å². The van der Waals surface area contributed by atoms with Gasteiger partial charge in [0.15, 0.2) is 17.9 Å². The second kappa shape index (κ2) is 3.70. The highest BCUT2D eigenvalue weighted by Crippen LogP contribution is 2.33. The van der Waals surface area contributed by atoms with E-state index in [0.717, 1.165) is 19.5 Å². The van der Waals surface area contributed by atoms with Gasteiger partial charge in [-0.2, -0.15) is 0 Å². The molecule has 1 aliphatic heterocycles. The predicted octanol–water partition coefficient (Wildman–Crippen LogP) is 1.30. The highest BCUT2D eigenvalue weighted by atomic mass is 16.4. The van der Waals surface area contributed by atoms with Gasteiger partial charge in [-0.05, 0) is 12.5 Å². The number of carbonyl (C=O) groups excluding carboxylic acids is 1. The van der Waals surface area contributed by atoms with Crippen LogP contribution in [-0.4, -0.2) is 31.1 Å². The minimum Gasteiger partial charge on any atom is -0.438 e. The molecule has 1 unspecified atom stereocenters. The molecule has 1 saturated heterocycles. The van der Waals surface area contributed by atoms with Crippen molar-refractivity contribution < 1.29 is 14.3 Å². The summed E-state index contributed by atoms with van der Waals surface area (Å²) >= 11 is 0. The average Bonchev–Trinajstić information content (AvgIpc) is 2.84. The van der Waals surface area contributed by atoms with Crippen molar-refractivity contribution in [1.29, 1.82) is 0 Å². The molecule has 4 heteroatoms. The molecule has 2 heterocycles. The number of rotatable bonds is 3. The van der Waals surface area contributed by atoms with E-state index in [1.165, 1.54) is 0 Å². The largest absolute Gasteiger partial charge is 0.438 e. The summed E-state index contributed by atoms with van der Waals surface area (Å²) < 4.78 is 5.33. The monoisotopic (exact) mass is 209 g/mol. The minimum atomic E-state index is -0.0475. The van der Waals surface area contributed by atoms with Crippen LogP contribution in [-0.2, 0) is 0 Å². The quantitative estimate of drug-likeness (QED) is 0.762. The van der Waals surface area contributed by atoms with Crippen LogP contribution in [0.15, 0.2) is 16.5 Å². The molecule has 0 aromatic carbocycles. The lowest BCUT2D eigenvalue weighted by atomic mass is 9.91. The Labute approximate surface area is 88.5 Å². The third-order valence-electron chi connectivity index (χ3n) is 2.98. The number of aldehydes is 1. The fourth-order valence-electron chi connectivity index (χ4n) is 1.92. The number of carbonyl (C=O) groups is 1. The lowest BCUT2D eigenvalue weighted by Crippen LogP contribution is -2.27. The molecule has 1 aliphatic rings. The summed E-state index contributed by atoms with van der Waals surface area (Å²) in [5.74, 6) is 1.07. The normalized spacial score (nSPS) is 25.9. The highest BCUT2D eigenvalue weighted by Gasteiger charge is 2.34. The standard InChI is InChI=1S/C11H15NO3/c1-11(8-14)4-5-12(7-11)10-3-2-9(6-13)15-10/h2-3,6,14H,4-5,7-8H2,1H3. The molecule has 2 rings (SSSR count). The summed E-state index contributed by atoms with van der Waals surface area (Å²) in [6.45, 7) is 3.87. The van der Waals surface area contributed by atoms with E-state index in [0.29, 0.717) is 17.9 Å². The number of hydrogen-bond acceptors (Lipinski definition) is 4. The maximum absolute atomic E-state index is 10.5. The summed E-state index contributed by atoms with van der Waals surface area (Å²) in [6.07, 6.45) is 1.64. The van der Waals surface area contributed by atoms with Crippen molar-refractivity contribution in [3.05, 3.63) is 17.9 Å². The molecule has 0 bridgehead atoms. The van der Waals surface area contributed by atoms with Crippen molar-refractivity contribution in [3.8, 4) is 0 Å². The van der Waals surface area contributed by atoms with E-state index < -0.39 is 0 Å². The third-order valence-corrected chi connectivity index (χ3v) is 2.98. The van der Waals surface area contributed by atoms with Gasteiger partial charge in [-0.25, -0.2) is 0 Å². The molecule has 1 atom stereocenters. The van der Waals surface area contributed by atoms with Crippen LogP contribution >= 0.6 is 0 Å². The maximum atomic E-state index is 10.5. The molecule has 0 spiro atoms. The Kier molecular flexibility index (Phi) is 2.52. The van der Waals surface area contributed by atoms with E-state index in [4.69, 9.17) is 4.42 Å². The number of anilines is 1. The van der Waals surface area contributed by atoms with Crippen molar-refractivity contribution in [2.24, 2.45) is 5.41 Å². The summed E-state index contributed by atoms with van der Waals surface area (Å²) in [6, 6.07) is 3.46. The second-order valence-electron chi connectivity index (χ2n) is 4.43. The van der Waals surface area contributed by atoms with Gasteiger partial charge in [0.1, 0.15) is 0 Å². The first kappa shape index (κ1) is 10.2. The van der Waals surface area contributed by atoms with Gasteiger partial charge in [0, 0.05) is 24.6 Å². The Bertz CT molecular complexity index is 360. The maximum Gasteiger partial charge on any atom is 0.196 e. The summed E-state index contributed by atoms with van der Waals surface area (Å²) in [5.41, 5.74) is -0.0475. The van der Waals surface area contributed by atoms with Gasteiger partial charge >= 0.3 is 0 Å². The van der Waals surface area contributed by atoms with Gasteiger partial charge in [-0.1, -0.05) is 6.92 Å². The number of aliphatic hydroxyl groups excluding tert-OH is 1. The van der Waals surface area contributed by atoms with E-state index in [9.17, 15) is 9.90 Å². The number of nitrogens with zero attached hydrogens (tertiary/aromatic N) is 1. The van der Waals surface area contributed by atoms with Gasteiger partial charge in [0.25, 0.3) is 0 Å². The smallest absolute Gasteiger partial charge is 0.196 e. The van der Waals surface area contributed by atoms with Crippen LogP contribution in [0.5, 0.6) is 0 Å². The fraction of sp³-hybridized carbons (Fsp3) is 0.545. The molecular weight excluding hydrogens is 194 g/mol. The van der Waals surface area contributed by atoms with Crippen LogP contribution in [0.3, 0.4) is 0 Å². The first-order valence-corrected chi connectivity index (χ1v) is 5.08. The van der Waals surface area contributed by atoms with Crippen molar-refractivity contribution in [1.82, 2.24) is 0 Å². The number of furan rings is 1. The fourth-order valence-corrected chi connectivity index (χ4v) is 1.92. The highest BCUT2D eigenvalue weighted by molar-refractivity contribution is 5.71. The van der Waals surface area contributed by atoms with E-state index >= 15 is 0 Å². The molecule has 82 valence electrons. The van der Waals surface area contributed by atoms with Gasteiger partial charge in [-0.15, -0.1) is 0 Å². The molecule has 1 N–H and O–H groups in total. The molecule has 1 aromatic heterocycles. The van der Waals surface area contributed by atoms with E-state index in [1.54, 1.807) is 12.1 Å². The zero-order valence-electron chi connectivity index (χ0n) is 8.77. The van der Waals surface area contributed by atoms with Gasteiger partial charge in [0.2, 0.25) is 0 Å². The Morgan fingerprint density at radius 3 is 3.00 bits per heavy atom. The van der Waals surface area contributed by atoms with Crippen LogP contribution < -0.4 is 4.90 Å². The summed E-state index contributed by atoms with van der Waals surface area (Å²) in [5, 5.41) is 9.23. The SMILES string of the molecule is CC1(CO)CCN(c2ccc(C=O)o2)C1. The van der Waals surface area contributed by atoms with Crippen LogP contribution in [0.25, 0.3) is 0 Å². The summed E-state index contributed by atoms with van der Waals surface area (Å²) in [7, 11) is 0. The lowest BCUT2D eigenvalue weighted by molar-refractivity contribution is 0.110. The zero-order valence-corrected chi connectivity index (χ0v) is 8.77. The Morgan fingerprint density at radius 2 is 2.47 bits per heavy atom.